The van der Waals surface area contributed by atoms with Gasteiger partial charge in [0.15, 0.2) is 0 Å². The fourth-order valence-electron chi connectivity index (χ4n) is 2.76. The maximum atomic E-state index is 11.9. The first-order chi connectivity index (χ1) is 11.9. The number of esters is 1. The Bertz CT molecular complexity index is 527. The van der Waals surface area contributed by atoms with Gasteiger partial charge in [0.1, 0.15) is 12.6 Å². The summed E-state index contributed by atoms with van der Waals surface area (Å²) in [6.07, 6.45) is 6.61. The molecule has 2 rings (SSSR count). The third kappa shape index (κ3) is 9.07. The van der Waals surface area contributed by atoms with Gasteiger partial charge >= 0.3 is 5.97 Å². The Labute approximate surface area is 148 Å². The van der Waals surface area contributed by atoms with E-state index in [4.69, 9.17) is 25.5 Å². The Morgan fingerprint density at radius 1 is 1.28 bits per heavy atom. The highest BCUT2D eigenvalue weighted by atomic mass is 16.5. The summed E-state index contributed by atoms with van der Waals surface area (Å²) in [6, 6.07) is 7.85. The van der Waals surface area contributed by atoms with Crippen LogP contribution in [-0.2, 0) is 9.53 Å². The van der Waals surface area contributed by atoms with Gasteiger partial charge in [-0.25, -0.2) is 4.79 Å². The second kappa shape index (κ2) is 11.4. The molecule has 0 spiro atoms. The zero-order chi connectivity index (χ0) is 18.7. The van der Waals surface area contributed by atoms with E-state index in [1.54, 1.807) is 24.3 Å². The van der Waals surface area contributed by atoms with Crippen LogP contribution in [0.1, 0.15) is 49.4 Å². The van der Waals surface area contributed by atoms with Crippen molar-refractivity contribution < 1.29 is 29.9 Å². The number of nitrogens with two attached hydrogens (primary N) is 2. The molecule has 0 radical (unpaired) electrons. The molecule has 1 fully saturated rings. The van der Waals surface area contributed by atoms with Gasteiger partial charge in [-0.15, -0.1) is 0 Å². The minimum atomic E-state index is -1.44. The van der Waals surface area contributed by atoms with Crippen molar-refractivity contribution in [2.75, 3.05) is 18.9 Å². The second-order valence-electron chi connectivity index (χ2n) is 6.32. The van der Waals surface area contributed by atoms with Gasteiger partial charge in [0.25, 0.3) is 0 Å². The third-order valence-electron chi connectivity index (χ3n) is 4.00. The molecule has 0 aromatic heterocycles. The number of anilines is 1. The Morgan fingerprint density at radius 3 is 2.36 bits per heavy atom. The largest absolute Gasteiger partial charge is 0.548 e. The van der Waals surface area contributed by atoms with Crippen molar-refractivity contribution in [1.82, 2.24) is 0 Å². The summed E-state index contributed by atoms with van der Waals surface area (Å²) in [5.74, 6) is -1.71. The number of carbonyl (C=O) groups excluding carboxylic acids is 2. The van der Waals surface area contributed by atoms with Crippen molar-refractivity contribution >= 4 is 17.6 Å². The monoisotopic (exact) mass is 352 g/mol. The van der Waals surface area contributed by atoms with Gasteiger partial charge in [0.05, 0.1) is 24.2 Å². The lowest BCUT2D eigenvalue weighted by Gasteiger charge is -2.23. The topological polar surface area (TPSA) is 129 Å². The van der Waals surface area contributed by atoms with Crippen molar-refractivity contribution in [2.24, 2.45) is 0 Å². The molecule has 1 aromatic rings. The van der Waals surface area contributed by atoms with Gasteiger partial charge in [-0.2, -0.15) is 0 Å². The van der Waals surface area contributed by atoms with Crippen LogP contribution in [0.15, 0.2) is 24.3 Å². The number of aliphatic hydroxyl groups is 1. The predicted molar refractivity (Wildman–Crippen MR) is 91.5 cm³/mol. The van der Waals surface area contributed by atoms with Crippen LogP contribution in [0.5, 0.6) is 0 Å². The Kier molecular flexibility index (Phi) is 9.57. The SMILES string of the molecule is CC(COC(=O)c1ccc(N)cc1)[NH2+]C1CCCCC1.O=C([O-])CO. The van der Waals surface area contributed by atoms with Crippen LogP contribution >= 0.6 is 0 Å². The van der Waals surface area contributed by atoms with Crippen LogP contribution in [0.4, 0.5) is 5.69 Å². The Balaban J connectivity index is 0.000000550. The molecule has 0 amide bonds. The van der Waals surface area contributed by atoms with E-state index in [9.17, 15) is 4.79 Å². The van der Waals surface area contributed by atoms with Gasteiger partial charge in [-0.05, 0) is 56.9 Å². The standard InChI is InChI=1S/C16H24N2O2.C2H4O3/c1-12(18-15-5-3-2-4-6-15)11-20-16(19)13-7-9-14(17)10-8-13;3-1-2(4)5/h7-10,12,15,18H,2-6,11,17H2,1H3;3H,1H2,(H,4,5). The number of benzene rings is 1. The summed E-state index contributed by atoms with van der Waals surface area (Å²) in [4.78, 5) is 20.9. The molecular formula is C18H28N2O5. The number of carboxylic acid groups (broad SMARTS) is 1. The lowest BCUT2D eigenvalue weighted by Crippen LogP contribution is -2.95. The zero-order valence-electron chi connectivity index (χ0n) is 14.6. The molecule has 1 saturated carbocycles. The number of ether oxygens (including phenoxy) is 1. The van der Waals surface area contributed by atoms with E-state index in [0.717, 1.165) is 0 Å². The molecule has 1 atom stereocenters. The molecule has 1 unspecified atom stereocenters. The van der Waals surface area contributed by atoms with Crippen LogP contribution in [0, 0.1) is 0 Å². The second-order valence-corrected chi connectivity index (χ2v) is 6.32. The number of hydrogen-bond donors (Lipinski definition) is 3. The molecule has 7 heteroatoms. The number of aliphatic carboxylic acids is 1. The molecule has 0 aliphatic heterocycles. The van der Waals surface area contributed by atoms with Gasteiger partial charge in [-0.3, -0.25) is 0 Å². The summed E-state index contributed by atoms with van der Waals surface area (Å²) in [5, 5.41) is 18.8. The van der Waals surface area contributed by atoms with Crippen molar-refractivity contribution in [3.63, 3.8) is 0 Å². The third-order valence-corrected chi connectivity index (χ3v) is 4.00. The average Bonchev–Trinajstić information content (AvgIpc) is 2.61. The number of carboxylic acids is 1. The molecule has 140 valence electrons. The molecule has 7 nitrogen and oxygen atoms in total. The minimum Gasteiger partial charge on any atom is -0.548 e. The van der Waals surface area contributed by atoms with Crippen LogP contribution < -0.4 is 16.2 Å². The molecule has 25 heavy (non-hydrogen) atoms. The minimum absolute atomic E-state index is 0.270. The quantitative estimate of drug-likeness (QED) is 0.465. The number of hydrogen-bond acceptors (Lipinski definition) is 6. The van der Waals surface area contributed by atoms with Crippen LogP contribution in [0.2, 0.25) is 0 Å². The van der Waals surface area contributed by atoms with E-state index >= 15 is 0 Å². The van der Waals surface area contributed by atoms with E-state index in [2.05, 4.69) is 12.2 Å². The molecule has 1 aliphatic carbocycles. The van der Waals surface area contributed by atoms with E-state index in [1.165, 1.54) is 32.1 Å². The summed E-state index contributed by atoms with van der Waals surface area (Å²) in [5.41, 5.74) is 6.81. The number of nitrogen functional groups attached to an aromatic ring is 1. The van der Waals surface area contributed by atoms with Crippen molar-refractivity contribution in [1.29, 1.82) is 0 Å². The molecule has 1 aliphatic rings. The summed E-state index contributed by atoms with van der Waals surface area (Å²) in [6.45, 7) is 1.69. The maximum absolute atomic E-state index is 11.9. The van der Waals surface area contributed by atoms with Crippen molar-refractivity contribution in [2.45, 2.75) is 51.1 Å². The number of carbonyl (C=O) groups is 2. The number of quaternary nitrogens is 1. The average molecular weight is 352 g/mol. The van der Waals surface area contributed by atoms with Gasteiger partial charge in [0.2, 0.25) is 0 Å². The highest BCUT2D eigenvalue weighted by Gasteiger charge is 2.20. The first-order valence-electron chi connectivity index (χ1n) is 8.60. The first-order valence-corrected chi connectivity index (χ1v) is 8.60. The molecular weight excluding hydrogens is 324 g/mol. The molecule has 0 saturated heterocycles. The predicted octanol–water partition coefficient (Wildman–Crippen LogP) is -0.561. The van der Waals surface area contributed by atoms with E-state index < -0.39 is 12.6 Å². The van der Waals surface area contributed by atoms with Crippen molar-refractivity contribution in [3.8, 4) is 0 Å². The van der Waals surface area contributed by atoms with Crippen LogP contribution in [0.25, 0.3) is 0 Å². The fourth-order valence-corrected chi connectivity index (χ4v) is 2.76. The van der Waals surface area contributed by atoms with E-state index in [-0.39, 0.29) is 5.97 Å². The van der Waals surface area contributed by atoms with Gasteiger partial charge < -0.3 is 30.8 Å². The highest BCUT2D eigenvalue weighted by Crippen LogP contribution is 2.14. The van der Waals surface area contributed by atoms with E-state index in [1.807, 2.05) is 0 Å². The van der Waals surface area contributed by atoms with Gasteiger partial charge in [-0.1, -0.05) is 6.42 Å². The van der Waals surface area contributed by atoms with E-state index in [0.29, 0.717) is 29.9 Å². The zero-order valence-corrected chi connectivity index (χ0v) is 14.6. The molecule has 5 N–H and O–H groups in total. The normalized spacial score (nSPS) is 15.6. The molecule has 0 heterocycles. The maximum Gasteiger partial charge on any atom is 0.338 e. The van der Waals surface area contributed by atoms with Gasteiger partial charge in [0, 0.05) is 5.69 Å². The lowest BCUT2D eigenvalue weighted by molar-refractivity contribution is -0.721. The van der Waals surface area contributed by atoms with Crippen LogP contribution in [0.3, 0.4) is 0 Å². The Hall–Kier alpha value is -2.12. The first kappa shape index (κ1) is 20.9. The number of aliphatic hydroxyl groups excluding tert-OH is 1. The molecule has 1 aromatic carbocycles. The smallest absolute Gasteiger partial charge is 0.338 e. The fraction of sp³-hybridized carbons (Fsp3) is 0.556. The molecule has 0 bridgehead atoms. The summed E-state index contributed by atoms with van der Waals surface area (Å²) < 4.78 is 5.36. The summed E-state index contributed by atoms with van der Waals surface area (Å²) in [7, 11) is 0. The lowest BCUT2D eigenvalue weighted by atomic mass is 9.95. The number of rotatable bonds is 6. The summed E-state index contributed by atoms with van der Waals surface area (Å²) >= 11 is 0. The Morgan fingerprint density at radius 2 is 1.84 bits per heavy atom. The van der Waals surface area contributed by atoms with Crippen LogP contribution in [-0.4, -0.2) is 42.3 Å². The highest BCUT2D eigenvalue weighted by molar-refractivity contribution is 5.89. The van der Waals surface area contributed by atoms with Crippen molar-refractivity contribution in [3.05, 3.63) is 29.8 Å².